The molecule has 35 heavy (non-hydrogen) atoms. The van der Waals surface area contributed by atoms with Gasteiger partial charge in [-0.25, -0.2) is 4.98 Å². The number of hydrogen-bond donors (Lipinski definition) is 2. The number of oxazole rings is 1. The van der Waals surface area contributed by atoms with Crippen LogP contribution in [0.5, 0.6) is 0 Å². The van der Waals surface area contributed by atoms with Crippen molar-refractivity contribution in [3.8, 4) is 11.5 Å². The summed E-state index contributed by atoms with van der Waals surface area (Å²) in [6, 6.07) is 24.1. The van der Waals surface area contributed by atoms with Gasteiger partial charge in [-0.3, -0.25) is 10.1 Å². The zero-order chi connectivity index (χ0) is 24.4. The summed E-state index contributed by atoms with van der Waals surface area (Å²) in [4.78, 5) is 16.9. The molecule has 0 radical (unpaired) electrons. The molecule has 0 atom stereocenters. The van der Waals surface area contributed by atoms with E-state index in [1.807, 2.05) is 54.6 Å². The highest BCUT2D eigenvalue weighted by Gasteiger charge is 2.13. The highest BCUT2D eigenvalue weighted by atomic mass is 35.5. The van der Waals surface area contributed by atoms with E-state index in [4.69, 9.17) is 39.8 Å². The van der Waals surface area contributed by atoms with Crippen molar-refractivity contribution in [3.63, 3.8) is 0 Å². The van der Waals surface area contributed by atoms with E-state index < -0.39 is 0 Å². The number of hydrogen-bond acceptors (Lipinski definition) is 4. The van der Waals surface area contributed by atoms with Gasteiger partial charge >= 0.3 is 0 Å². The Kier molecular flexibility index (Phi) is 6.51. The van der Waals surface area contributed by atoms with E-state index in [9.17, 15) is 4.79 Å². The van der Waals surface area contributed by atoms with E-state index in [0.717, 1.165) is 21.9 Å². The quantitative estimate of drug-likeness (QED) is 0.191. The van der Waals surface area contributed by atoms with Gasteiger partial charge in [0.25, 0.3) is 0 Å². The van der Waals surface area contributed by atoms with Gasteiger partial charge in [-0.1, -0.05) is 59.6 Å². The normalized spacial score (nSPS) is 11.3. The SMILES string of the molecule is O=C(/C=C/c1ccc(Cl)cc1)NC(=S)Nc1ccc2oc(-c3cccc4c(Cl)cccc34)nc2c1. The van der Waals surface area contributed by atoms with Crippen LogP contribution in [0, 0.1) is 0 Å². The van der Waals surface area contributed by atoms with Gasteiger partial charge in [0.2, 0.25) is 11.8 Å². The number of nitrogens with one attached hydrogen (secondary N) is 2. The van der Waals surface area contributed by atoms with E-state index in [2.05, 4.69) is 15.6 Å². The lowest BCUT2D eigenvalue weighted by Gasteiger charge is -2.07. The van der Waals surface area contributed by atoms with Crippen LogP contribution in [0.3, 0.4) is 0 Å². The third-order valence-corrected chi connectivity index (χ3v) is 6.06. The summed E-state index contributed by atoms with van der Waals surface area (Å²) in [5.74, 6) is 0.144. The summed E-state index contributed by atoms with van der Waals surface area (Å²) in [5, 5.41) is 9.00. The van der Waals surface area contributed by atoms with E-state index >= 15 is 0 Å². The fourth-order valence-electron chi connectivity index (χ4n) is 3.64. The van der Waals surface area contributed by atoms with Gasteiger partial charge in [0, 0.05) is 32.8 Å². The Morgan fingerprint density at radius 1 is 0.943 bits per heavy atom. The number of anilines is 1. The molecule has 0 aliphatic carbocycles. The molecule has 172 valence electrons. The van der Waals surface area contributed by atoms with Gasteiger partial charge in [-0.15, -0.1) is 0 Å². The van der Waals surface area contributed by atoms with E-state index in [0.29, 0.717) is 32.7 Å². The fourth-order valence-corrected chi connectivity index (χ4v) is 4.22. The first-order chi connectivity index (χ1) is 17.0. The van der Waals surface area contributed by atoms with Crippen LogP contribution in [0.4, 0.5) is 5.69 Å². The van der Waals surface area contributed by atoms with Crippen LogP contribution in [-0.4, -0.2) is 16.0 Å². The maximum atomic E-state index is 12.2. The minimum absolute atomic E-state index is 0.169. The van der Waals surface area contributed by atoms with Crippen molar-refractivity contribution in [1.82, 2.24) is 10.3 Å². The second-order valence-electron chi connectivity index (χ2n) is 7.67. The van der Waals surface area contributed by atoms with E-state index in [-0.39, 0.29) is 11.0 Å². The molecule has 0 saturated carbocycles. The Balaban J connectivity index is 1.31. The lowest BCUT2D eigenvalue weighted by Crippen LogP contribution is -2.32. The molecule has 0 unspecified atom stereocenters. The van der Waals surface area contributed by atoms with Crippen LogP contribution in [0.1, 0.15) is 5.56 Å². The minimum Gasteiger partial charge on any atom is -0.436 e. The molecule has 1 amide bonds. The second kappa shape index (κ2) is 9.88. The van der Waals surface area contributed by atoms with Crippen molar-refractivity contribution in [3.05, 3.63) is 101 Å². The monoisotopic (exact) mass is 517 g/mol. The highest BCUT2D eigenvalue weighted by Crippen LogP contribution is 2.33. The largest absolute Gasteiger partial charge is 0.436 e. The summed E-state index contributed by atoms with van der Waals surface area (Å²) >= 11 is 17.5. The third-order valence-electron chi connectivity index (χ3n) is 5.28. The van der Waals surface area contributed by atoms with Crippen LogP contribution in [0.15, 0.2) is 89.4 Å². The minimum atomic E-state index is -0.350. The molecule has 5 nitrogen and oxygen atoms in total. The van der Waals surface area contributed by atoms with Gasteiger partial charge in [0.1, 0.15) is 5.52 Å². The fraction of sp³-hybridized carbons (Fsp3) is 0. The van der Waals surface area contributed by atoms with Gasteiger partial charge in [0.15, 0.2) is 10.7 Å². The van der Waals surface area contributed by atoms with Crippen molar-refractivity contribution in [2.24, 2.45) is 0 Å². The standard InChI is InChI=1S/C27H17Cl2N3O2S/c28-17-10-7-16(8-11-17)9-14-25(33)32-27(35)30-18-12-13-24-23(15-18)31-26(34-24)21-5-1-4-20-19(21)3-2-6-22(20)29/h1-15H,(H2,30,32,33,35)/b14-9+. The first kappa shape index (κ1) is 23.1. The number of aromatic nitrogens is 1. The van der Waals surface area contributed by atoms with Crippen molar-refractivity contribution in [2.45, 2.75) is 0 Å². The predicted molar refractivity (Wildman–Crippen MR) is 147 cm³/mol. The molecule has 0 aliphatic rings. The van der Waals surface area contributed by atoms with Crippen molar-refractivity contribution < 1.29 is 9.21 Å². The number of halogens is 2. The van der Waals surface area contributed by atoms with Crippen molar-refractivity contribution >= 4 is 80.1 Å². The number of benzene rings is 4. The first-order valence-electron chi connectivity index (χ1n) is 10.6. The molecule has 5 aromatic rings. The van der Waals surface area contributed by atoms with Crippen molar-refractivity contribution in [2.75, 3.05) is 5.32 Å². The maximum absolute atomic E-state index is 12.2. The molecule has 0 bridgehead atoms. The molecule has 4 aromatic carbocycles. The Morgan fingerprint density at radius 2 is 1.71 bits per heavy atom. The molecule has 8 heteroatoms. The molecule has 5 rings (SSSR count). The zero-order valence-corrected chi connectivity index (χ0v) is 20.4. The van der Waals surface area contributed by atoms with Gasteiger partial charge in [0.05, 0.1) is 0 Å². The topological polar surface area (TPSA) is 67.2 Å². The smallest absolute Gasteiger partial charge is 0.250 e. The summed E-state index contributed by atoms with van der Waals surface area (Å²) < 4.78 is 6.01. The highest BCUT2D eigenvalue weighted by molar-refractivity contribution is 7.80. The lowest BCUT2D eigenvalue weighted by atomic mass is 10.0. The number of rotatable bonds is 4. The average Bonchev–Trinajstić information content (AvgIpc) is 3.27. The Bertz CT molecular complexity index is 1610. The maximum Gasteiger partial charge on any atom is 0.250 e. The Labute approximate surface area is 216 Å². The number of carbonyl (C=O) groups excluding carboxylic acids is 1. The first-order valence-corrected chi connectivity index (χ1v) is 11.8. The van der Waals surface area contributed by atoms with E-state index in [1.54, 1.807) is 30.3 Å². The number of amides is 1. The molecule has 1 aromatic heterocycles. The van der Waals surface area contributed by atoms with Gasteiger partial charge in [-0.2, -0.15) is 0 Å². The summed E-state index contributed by atoms with van der Waals surface area (Å²) in [7, 11) is 0. The predicted octanol–water partition coefficient (Wildman–Crippen LogP) is 7.48. The van der Waals surface area contributed by atoms with Crippen molar-refractivity contribution in [1.29, 1.82) is 0 Å². The van der Waals surface area contributed by atoms with Crippen LogP contribution >= 0.6 is 35.4 Å². The molecule has 0 aliphatic heterocycles. The molecule has 2 N–H and O–H groups in total. The van der Waals surface area contributed by atoms with Crippen LogP contribution in [-0.2, 0) is 4.79 Å². The van der Waals surface area contributed by atoms with Crippen LogP contribution in [0.25, 0.3) is 39.4 Å². The zero-order valence-electron chi connectivity index (χ0n) is 18.1. The van der Waals surface area contributed by atoms with Crippen LogP contribution < -0.4 is 10.6 Å². The number of thiocarbonyl (C=S) groups is 1. The van der Waals surface area contributed by atoms with Gasteiger partial charge in [-0.05, 0) is 71.7 Å². The van der Waals surface area contributed by atoms with Gasteiger partial charge < -0.3 is 9.73 Å². The molecular formula is C27H17Cl2N3O2S. The van der Waals surface area contributed by atoms with Crippen LogP contribution in [0.2, 0.25) is 10.0 Å². The molecule has 0 spiro atoms. The number of nitrogens with zero attached hydrogens (tertiary/aromatic N) is 1. The third kappa shape index (κ3) is 5.20. The molecule has 1 heterocycles. The summed E-state index contributed by atoms with van der Waals surface area (Å²) in [5.41, 5.74) is 3.66. The average molecular weight is 518 g/mol. The molecular weight excluding hydrogens is 501 g/mol. The number of carbonyl (C=O) groups is 1. The second-order valence-corrected chi connectivity index (χ2v) is 8.92. The van der Waals surface area contributed by atoms with E-state index in [1.165, 1.54) is 6.08 Å². The Hall–Kier alpha value is -3.71. The summed E-state index contributed by atoms with van der Waals surface area (Å²) in [6.07, 6.45) is 3.08. The number of fused-ring (bicyclic) bond motifs is 2. The molecule has 0 fully saturated rings. The molecule has 0 saturated heterocycles. The summed E-state index contributed by atoms with van der Waals surface area (Å²) in [6.45, 7) is 0. The Morgan fingerprint density at radius 3 is 2.54 bits per heavy atom. The lowest BCUT2D eigenvalue weighted by molar-refractivity contribution is -0.115.